The van der Waals surface area contributed by atoms with Crippen LogP contribution in [0.15, 0.2) is 84.9 Å². The first kappa shape index (κ1) is 20.5. The second kappa shape index (κ2) is 9.80. The quantitative estimate of drug-likeness (QED) is 0.598. The van der Waals surface area contributed by atoms with Crippen LogP contribution in [-0.4, -0.2) is 29.5 Å². The van der Waals surface area contributed by atoms with E-state index in [-0.39, 0.29) is 12.5 Å². The monoisotopic (exact) mass is 416 g/mol. The van der Waals surface area contributed by atoms with Gasteiger partial charge in [0.25, 0.3) is 0 Å². The highest BCUT2D eigenvalue weighted by molar-refractivity contribution is 5.96. The van der Waals surface area contributed by atoms with Crippen molar-refractivity contribution in [2.45, 2.75) is 25.5 Å². The predicted molar refractivity (Wildman–Crippen MR) is 118 cm³/mol. The van der Waals surface area contributed by atoms with E-state index in [1.54, 1.807) is 24.3 Å². The Morgan fingerprint density at radius 1 is 0.871 bits per heavy atom. The summed E-state index contributed by atoms with van der Waals surface area (Å²) < 4.78 is 11.2. The van der Waals surface area contributed by atoms with Crippen LogP contribution in [0.2, 0.25) is 0 Å². The molecule has 1 heterocycles. The number of amides is 2. The first-order valence-corrected chi connectivity index (χ1v) is 10.3. The molecule has 1 saturated heterocycles. The molecule has 0 spiro atoms. The minimum absolute atomic E-state index is 0.188. The fourth-order valence-electron chi connectivity index (χ4n) is 3.52. The van der Waals surface area contributed by atoms with E-state index in [2.05, 4.69) is 5.32 Å². The summed E-state index contributed by atoms with van der Waals surface area (Å²) in [7, 11) is 0. The van der Waals surface area contributed by atoms with E-state index in [1.165, 1.54) is 4.90 Å². The van der Waals surface area contributed by atoms with Gasteiger partial charge >= 0.3 is 6.09 Å². The molecule has 6 nitrogen and oxygen atoms in total. The van der Waals surface area contributed by atoms with Gasteiger partial charge in [-0.25, -0.2) is 4.79 Å². The zero-order valence-electron chi connectivity index (χ0n) is 17.1. The summed E-state index contributed by atoms with van der Waals surface area (Å²) in [4.78, 5) is 26.8. The Balaban J connectivity index is 1.32. The third-order valence-corrected chi connectivity index (χ3v) is 5.10. The van der Waals surface area contributed by atoms with Gasteiger partial charge in [0.05, 0.1) is 0 Å². The lowest BCUT2D eigenvalue weighted by atomic mass is 10.2. The molecular weight excluding hydrogens is 392 g/mol. The molecule has 0 radical (unpaired) electrons. The molecule has 0 unspecified atom stereocenters. The van der Waals surface area contributed by atoms with Crippen molar-refractivity contribution >= 4 is 17.7 Å². The van der Waals surface area contributed by atoms with Crippen molar-refractivity contribution in [2.24, 2.45) is 0 Å². The molecule has 31 heavy (non-hydrogen) atoms. The lowest BCUT2D eigenvalue weighted by molar-refractivity contribution is -0.120. The Bertz CT molecular complexity index is 1010. The summed E-state index contributed by atoms with van der Waals surface area (Å²) in [5.74, 6) is 1.21. The molecule has 2 amide bonds. The van der Waals surface area contributed by atoms with Crippen LogP contribution >= 0.6 is 0 Å². The first-order chi connectivity index (χ1) is 15.2. The number of carbonyl (C=O) groups excluding carboxylic acids is 2. The lowest BCUT2D eigenvalue weighted by Gasteiger charge is -2.23. The number of hydrogen-bond acceptors (Lipinski definition) is 4. The van der Waals surface area contributed by atoms with Gasteiger partial charge in [-0.2, -0.15) is 0 Å². The lowest BCUT2D eigenvalue weighted by Crippen LogP contribution is -2.43. The van der Waals surface area contributed by atoms with Crippen LogP contribution in [0, 0.1) is 0 Å². The van der Waals surface area contributed by atoms with E-state index in [0.29, 0.717) is 24.4 Å². The highest BCUT2D eigenvalue weighted by Gasteiger charge is 2.35. The van der Waals surface area contributed by atoms with Crippen molar-refractivity contribution in [3.63, 3.8) is 0 Å². The highest BCUT2D eigenvalue weighted by atomic mass is 16.6. The minimum Gasteiger partial charge on any atom is -0.457 e. The number of para-hydroxylation sites is 1. The van der Waals surface area contributed by atoms with Gasteiger partial charge in [0.2, 0.25) is 5.91 Å². The number of likely N-dealkylation sites (tertiary alicyclic amines) is 1. The Morgan fingerprint density at radius 2 is 1.52 bits per heavy atom. The van der Waals surface area contributed by atoms with Crippen molar-refractivity contribution in [3.05, 3.63) is 90.5 Å². The number of hydrogen-bond donors (Lipinski definition) is 1. The maximum absolute atomic E-state index is 12.8. The van der Waals surface area contributed by atoms with Crippen LogP contribution in [0.3, 0.4) is 0 Å². The number of rotatable bonds is 6. The minimum atomic E-state index is -0.538. The maximum atomic E-state index is 12.8. The van der Waals surface area contributed by atoms with Crippen LogP contribution in [-0.2, 0) is 16.1 Å². The van der Waals surface area contributed by atoms with Crippen LogP contribution in [0.1, 0.15) is 18.4 Å². The Hall–Kier alpha value is -3.80. The molecular formula is C25H24N2O4. The van der Waals surface area contributed by atoms with Gasteiger partial charge in [-0.1, -0.05) is 48.5 Å². The molecule has 0 saturated carbocycles. The molecule has 4 rings (SSSR count). The van der Waals surface area contributed by atoms with E-state index >= 15 is 0 Å². The topological polar surface area (TPSA) is 67.9 Å². The van der Waals surface area contributed by atoms with Gasteiger partial charge in [0.1, 0.15) is 24.1 Å². The highest BCUT2D eigenvalue weighted by Crippen LogP contribution is 2.24. The van der Waals surface area contributed by atoms with Gasteiger partial charge in [-0.05, 0) is 54.8 Å². The van der Waals surface area contributed by atoms with Crippen molar-refractivity contribution in [1.29, 1.82) is 0 Å². The molecule has 3 aromatic carbocycles. The third kappa shape index (κ3) is 5.42. The summed E-state index contributed by atoms with van der Waals surface area (Å²) in [6.45, 7) is 0.697. The summed E-state index contributed by atoms with van der Waals surface area (Å²) in [5.41, 5.74) is 1.56. The second-order valence-corrected chi connectivity index (χ2v) is 7.32. The van der Waals surface area contributed by atoms with Crippen LogP contribution < -0.4 is 10.1 Å². The standard InChI is InChI=1S/C25H24N2O4/c28-24(26-20-13-15-22(16-14-20)31-21-10-5-2-6-11-21)23-12-7-17-27(23)25(29)30-18-19-8-3-1-4-9-19/h1-6,8-11,13-16,23H,7,12,17-18H2,(H,26,28)/t23-/m0/s1. The van der Waals surface area contributed by atoms with Gasteiger partial charge in [-0.15, -0.1) is 0 Å². The van der Waals surface area contributed by atoms with Gasteiger partial charge in [-0.3, -0.25) is 9.69 Å². The molecule has 1 fully saturated rings. The Morgan fingerprint density at radius 3 is 2.23 bits per heavy atom. The average Bonchev–Trinajstić information content (AvgIpc) is 3.31. The van der Waals surface area contributed by atoms with E-state index in [4.69, 9.17) is 9.47 Å². The normalized spacial score (nSPS) is 15.4. The number of ether oxygens (including phenoxy) is 2. The summed E-state index contributed by atoms with van der Waals surface area (Å²) in [5, 5.41) is 2.89. The average molecular weight is 416 g/mol. The molecule has 1 atom stereocenters. The molecule has 1 aliphatic heterocycles. The molecule has 1 aliphatic rings. The van der Waals surface area contributed by atoms with E-state index in [9.17, 15) is 9.59 Å². The van der Waals surface area contributed by atoms with Crippen molar-refractivity contribution in [1.82, 2.24) is 4.90 Å². The first-order valence-electron chi connectivity index (χ1n) is 10.3. The van der Waals surface area contributed by atoms with Crippen LogP contribution in [0.25, 0.3) is 0 Å². The molecule has 158 valence electrons. The molecule has 0 bridgehead atoms. The Labute approximate surface area is 181 Å². The summed E-state index contributed by atoms with van der Waals surface area (Å²) in [6, 6.07) is 25.6. The van der Waals surface area contributed by atoms with E-state index < -0.39 is 12.1 Å². The van der Waals surface area contributed by atoms with E-state index in [0.717, 1.165) is 17.7 Å². The van der Waals surface area contributed by atoms with Gasteiger partial charge < -0.3 is 14.8 Å². The van der Waals surface area contributed by atoms with Crippen molar-refractivity contribution in [3.8, 4) is 11.5 Å². The molecule has 6 heteroatoms. The van der Waals surface area contributed by atoms with Crippen LogP contribution in [0.5, 0.6) is 11.5 Å². The molecule has 3 aromatic rings. The molecule has 1 N–H and O–H groups in total. The number of nitrogens with one attached hydrogen (secondary N) is 1. The molecule has 0 aromatic heterocycles. The third-order valence-electron chi connectivity index (χ3n) is 5.10. The summed E-state index contributed by atoms with van der Waals surface area (Å²) in [6.07, 6.45) is 0.914. The van der Waals surface area contributed by atoms with Crippen molar-refractivity contribution < 1.29 is 19.1 Å². The largest absolute Gasteiger partial charge is 0.457 e. The van der Waals surface area contributed by atoms with Crippen molar-refractivity contribution in [2.75, 3.05) is 11.9 Å². The summed E-state index contributed by atoms with van der Waals surface area (Å²) >= 11 is 0. The maximum Gasteiger partial charge on any atom is 0.410 e. The molecule has 0 aliphatic carbocycles. The predicted octanol–water partition coefficient (Wildman–Crippen LogP) is 5.22. The fourth-order valence-corrected chi connectivity index (χ4v) is 3.52. The van der Waals surface area contributed by atoms with Gasteiger partial charge in [0, 0.05) is 12.2 Å². The number of nitrogens with zero attached hydrogens (tertiary/aromatic N) is 1. The van der Waals surface area contributed by atoms with Gasteiger partial charge in [0.15, 0.2) is 0 Å². The Kier molecular flexibility index (Phi) is 6.47. The van der Waals surface area contributed by atoms with E-state index in [1.807, 2.05) is 60.7 Å². The zero-order valence-corrected chi connectivity index (χ0v) is 17.1. The SMILES string of the molecule is O=C(Nc1ccc(Oc2ccccc2)cc1)[C@@H]1CCCN1C(=O)OCc1ccccc1. The number of anilines is 1. The smallest absolute Gasteiger partial charge is 0.410 e. The fraction of sp³-hybridized carbons (Fsp3) is 0.200. The second-order valence-electron chi connectivity index (χ2n) is 7.32. The number of carbonyl (C=O) groups is 2. The zero-order chi connectivity index (χ0) is 21.5. The van der Waals surface area contributed by atoms with Crippen LogP contribution in [0.4, 0.5) is 10.5 Å². The number of benzene rings is 3.